The molecule has 0 radical (unpaired) electrons. The number of thioether (sulfide) groups is 1. The molecule has 10 N–H and O–H groups in total. The van der Waals surface area contributed by atoms with E-state index in [-0.39, 0.29) is 43.1 Å². The molecule has 2 aromatic heterocycles. The molecule has 7 atom stereocenters. The van der Waals surface area contributed by atoms with Gasteiger partial charge in [0.1, 0.15) is 42.0 Å². The molecule has 2 unspecified atom stereocenters. The molecule has 63 heavy (non-hydrogen) atoms. The van der Waals surface area contributed by atoms with Crippen molar-refractivity contribution >= 4 is 69.8 Å². The lowest BCUT2D eigenvalue weighted by Gasteiger charge is -2.30. The largest absolute Gasteiger partial charge is 1.00 e. The number of fused-ring (bicyclic) bond motifs is 1. The van der Waals surface area contributed by atoms with Gasteiger partial charge in [-0.3, -0.25) is 32.5 Å². The number of aliphatic hydroxyl groups excluding tert-OH is 2. The van der Waals surface area contributed by atoms with E-state index < -0.39 is 78.6 Å². The number of nitrogen functional groups attached to an aromatic ring is 1. The standard InChI is InChI=1S/C35H62N7O17P3S/c1-4-5-6-7-8-9-10-11-12-13-14-24(43)20-63-18-17-37-26(44)15-16-38-33(47)30(46)35(2,3)21-56-62(53,54)59-61(51,52)55-19-25-29(58-60(48,49)50)28(45)34(57-25)42-23-41-27-31(36)39-22-40-32(27)42/h22-23,25,28-30,34,45-46H,4-21H2,1-3H3,(H,37,44)(H,38,47)(H,51,52)(H,53,54)(H2,36,39,40)(H2,48,49,50)/p+1/t25-,28-,29-,30-,34-/m1/s1. The summed E-state index contributed by atoms with van der Waals surface area (Å²) in [7, 11) is -16.4. The molecule has 1 aliphatic rings. The molecule has 24 nitrogen and oxygen atoms in total. The summed E-state index contributed by atoms with van der Waals surface area (Å²) in [6.45, 7) is 2.88. The number of carbonyl (C=O) groups is 3. The van der Waals surface area contributed by atoms with Crippen LogP contribution in [0.1, 0.15) is 105 Å². The van der Waals surface area contributed by atoms with Crippen LogP contribution in [-0.2, 0) is 50.7 Å². The Kier molecular flexibility index (Phi) is 22.7. The van der Waals surface area contributed by atoms with E-state index in [1.54, 1.807) is 0 Å². The number of hydrogen-bond acceptors (Lipinski definition) is 18. The minimum atomic E-state index is -5.57. The van der Waals surface area contributed by atoms with E-state index >= 15 is 0 Å². The second-order valence-corrected chi connectivity index (χ2v) is 20.9. The summed E-state index contributed by atoms with van der Waals surface area (Å²) in [6.07, 6.45) is 5.67. The van der Waals surface area contributed by atoms with Crippen LogP contribution < -0.4 is 16.4 Å². The molecular weight excluding hydrogens is 915 g/mol. The molecule has 3 rings (SSSR count). The number of amides is 2. The summed E-state index contributed by atoms with van der Waals surface area (Å²) in [4.78, 5) is 88.1. The van der Waals surface area contributed by atoms with Crippen molar-refractivity contribution in [1.29, 1.82) is 0 Å². The van der Waals surface area contributed by atoms with Crippen LogP contribution in [0.2, 0.25) is 0 Å². The zero-order valence-corrected chi connectivity index (χ0v) is 39.1. The number of aromatic nitrogens is 4. The number of phosphoric acid groups is 3. The van der Waals surface area contributed by atoms with Crippen molar-refractivity contribution in [3.63, 3.8) is 0 Å². The summed E-state index contributed by atoms with van der Waals surface area (Å²) in [5, 5.41) is 26.6. The topological polar surface area (TPSA) is 364 Å². The van der Waals surface area contributed by atoms with Crippen LogP contribution in [0.3, 0.4) is 0 Å². The van der Waals surface area contributed by atoms with Gasteiger partial charge in [0.15, 0.2) is 17.7 Å². The number of nitrogens with two attached hydrogens (primary N) is 1. The molecule has 28 heteroatoms. The van der Waals surface area contributed by atoms with Gasteiger partial charge in [-0.1, -0.05) is 78.6 Å². The quantitative estimate of drug-likeness (QED) is 0.0375. The molecular formula is C35H63N7O17P3S+. The van der Waals surface area contributed by atoms with Gasteiger partial charge in [0, 0.05) is 37.1 Å². The fraction of sp³-hybridized carbons (Fsp3) is 0.771. The van der Waals surface area contributed by atoms with Gasteiger partial charge in [-0.2, -0.15) is 16.1 Å². The highest BCUT2D eigenvalue weighted by Gasteiger charge is 2.50. The minimum absolute atomic E-state index is 0. The lowest BCUT2D eigenvalue weighted by atomic mass is 9.87. The summed E-state index contributed by atoms with van der Waals surface area (Å²) in [5.74, 6) is -0.306. The van der Waals surface area contributed by atoms with Gasteiger partial charge >= 0.3 is 24.9 Å². The number of imidazole rings is 1. The van der Waals surface area contributed by atoms with Crippen molar-refractivity contribution in [3.05, 3.63) is 12.7 Å². The average molecular weight is 979 g/mol. The fourth-order valence-corrected chi connectivity index (χ4v) is 9.86. The van der Waals surface area contributed by atoms with Gasteiger partial charge in [-0.25, -0.2) is 28.6 Å². The van der Waals surface area contributed by atoms with Crippen molar-refractivity contribution in [2.75, 3.05) is 43.5 Å². The van der Waals surface area contributed by atoms with E-state index in [2.05, 4.69) is 41.3 Å². The monoisotopic (exact) mass is 978 g/mol. The predicted molar refractivity (Wildman–Crippen MR) is 230 cm³/mol. The van der Waals surface area contributed by atoms with Crippen molar-refractivity contribution in [2.24, 2.45) is 5.41 Å². The number of rotatable bonds is 32. The number of Topliss-reactive ketones (excluding diaryl/α,β-unsaturated/α-hetero) is 1. The molecule has 2 amide bonds. The summed E-state index contributed by atoms with van der Waals surface area (Å²) >= 11 is 1.43. The Hall–Kier alpha value is -2.44. The van der Waals surface area contributed by atoms with Crippen LogP contribution in [0.15, 0.2) is 12.7 Å². The number of aliphatic hydroxyl groups is 2. The number of nitrogens with zero attached hydrogens (tertiary/aromatic N) is 4. The van der Waals surface area contributed by atoms with Gasteiger partial charge < -0.3 is 50.9 Å². The third-order valence-electron chi connectivity index (χ3n) is 9.72. The molecule has 0 spiro atoms. The Morgan fingerprint density at radius 1 is 0.937 bits per heavy atom. The number of ketones is 1. The molecule has 0 bridgehead atoms. The molecule has 1 saturated heterocycles. The molecule has 1 aliphatic heterocycles. The molecule has 3 heterocycles. The molecule has 0 saturated carbocycles. The van der Waals surface area contributed by atoms with E-state index in [0.29, 0.717) is 24.5 Å². The van der Waals surface area contributed by atoms with Crippen molar-refractivity contribution in [2.45, 2.75) is 128 Å². The van der Waals surface area contributed by atoms with Crippen LogP contribution in [0.25, 0.3) is 11.2 Å². The SMILES string of the molecule is CCCCCCCCCCCCC(=O)CSCCNC(=O)CCNC(=O)[C@@H](O)C(C)(C)COP(=O)(O)OP(=O)(O)OC[C@H]1O[C@@H](n2cnc3c(N)ncnc32)[C@H](O)[C@@H]1OP(=O)(O)O.[H+]. The highest BCUT2D eigenvalue weighted by molar-refractivity contribution is 7.99. The highest BCUT2D eigenvalue weighted by Crippen LogP contribution is 2.61. The van der Waals surface area contributed by atoms with Crippen molar-refractivity contribution < 1.29 is 81.9 Å². The molecule has 2 aromatic rings. The summed E-state index contributed by atoms with van der Waals surface area (Å²) in [5.41, 5.74) is 4.29. The Labute approximate surface area is 371 Å². The molecule has 0 aliphatic carbocycles. The zero-order valence-electron chi connectivity index (χ0n) is 36.6. The number of phosphoric ester groups is 3. The third kappa shape index (κ3) is 19.5. The van der Waals surface area contributed by atoms with E-state index in [1.165, 1.54) is 70.6 Å². The second-order valence-electron chi connectivity index (χ2n) is 15.6. The van der Waals surface area contributed by atoms with Gasteiger partial charge in [0.25, 0.3) is 0 Å². The molecule has 360 valence electrons. The van der Waals surface area contributed by atoms with Crippen LogP contribution in [0.5, 0.6) is 0 Å². The summed E-state index contributed by atoms with van der Waals surface area (Å²) in [6, 6.07) is 0. The minimum Gasteiger partial charge on any atom is -0.386 e. The third-order valence-corrected chi connectivity index (χ3v) is 13.8. The number of carbonyl (C=O) groups excluding carboxylic acids is 3. The average Bonchev–Trinajstić information content (AvgIpc) is 3.76. The Bertz CT molecular complexity index is 1930. The predicted octanol–water partition coefficient (Wildman–Crippen LogP) is 3.13. The fourth-order valence-electron chi connectivity index (χ4n) is 6.27. The Morgan fingerprint density at radius 3 is 2.22 bits per heavy atom. The smallest absolute Gasteiger partial charge is 0.386 e. The van der Waals surface area contributed by atoms with E-state index in [0.717, 1.165) is 36.5 Å². The Balaban J connectivity index is 0.0000141. The van der Waals surface area contributed by atoms with Gasteiger partial charge in [-0.05, 0) is 6.42 Å². The molecule has 1 fully saturated rings. The number of ether oxygens (including phenoxy) is 1. The first-order chi connectivity index (χ1) is 29.6. The van der Waals surface area contributed by atoms with E-state index in [9.17, 15) is 57.9 Å². The molecule has 0 aromatic carbocycles. The first-order valence-corrected chi connectivity index (χ1v) is 26.2. The van der Waals surface area contributed by atoms with Gasteiger partial charge in [0.05, 0.1) is 25.3 Å². The van der Waals surface area contributed by atoms with Crippen molar-refractivity contribution in [1.82, 2.24) is 30.2 Å². The highest BCUT2D eigenvalue weighted by atomic mass is 32.2. The zero-order chi connectivity index (χ0) is 46.8. The number of nitrogens with one attached hydrogen (secondary N) is 2. The van der Waals surface area contributed by atoms with Crippen LogP contribution in [-0.4, -0.2) is 129 Å². The summed E-state index contributed by atoms with van der Waals surface area (Å²) < 4.78 is 62.3. The number of anilines is 1. The number of unbranched alkanes of at least 4 members (excludes halogenated alkanes) is 9. The lowest BCUT2D eigenvalue weighted by molar-refractivity contribution is -0.137. The van der Waals surface area contributed by atoms with Crippen LogP contribution >= 0.6 is 35.2 Å². The maximum atomic E-state index is 12.7. The van der Waals surface area contributed by atoms with Crippen LogP contribution in [0, 0.1) is 5.41 Å². The number of hydrogen-bond donors (Lipinski definition) is 9. The van der Waals surface area contributed by atoms with Gasteiger partial charge in [-0.15, -0.1) is 0 Å². The first-order valence-electron chi connectivity index (χ1n) is 20.5. The van der Waals surface area contributed by atoms with Gasteiger partial charge in [0.2, 0.25) is 11.8 Å². The van der Waals surface area contributed by atoms with E-state index in [1.807, 2.05) is 0 Å². The van der Waals surface area contributed by atoms with E-state index in [4.69, 9.17) is 19.5 Å². The van der Waals surface area contributed by atoms with Crippen LogP contribution in [0.4, 0.5) is 5.82 Å². The lowest BCUT2D eigenvalue weighted by Crippen LogP contribution is -2.46. The maximum Gasteiger partial charge on any atom is 1.00 e. The van der Waals surface area contributed by atoms with Crippen molar-refractivity contribution in [3.8, 4) is 0 Å². The first kappa shape index (κ1) is 54.9. The maximum absolute atomic E-state index is 12.7. The second kappa shape index (κ2) is 26.0. The Morgan fingerprint density at radius 2 is 1.57 bits per heavy atom. The normalized spacial score (nSPS) is 20.6.